The first-order valence-electron chi connectivity index (χ1n) is 14.5. The Kier molecular flexibility index (Phi) is 7.66. The van der Waals surface area contributed by atoms with Crippen LogP contribution in [-0.4, -0.2) is 70.1 Å². The number of urea groups is 1. The zero-order chi connectivity index (χ0) is 28.6. The molecule has 0 unspecified atom stereocenters. The van der Waals surface area contributed by atoms with E-state index < -0.39 is 23.8 Å². The molecule has 2 saturated heterocycles. The lowest BCUT2D eigenvalue weighted by Crippen LogP contribution is -2.64. The number of nitrogens with zero attached hydrogens (tertiary/aromatic N) is 3. The average molecular weight is 563 g/mol. The number of amides is 2. The number of morpholine rings is 1. The van der Waals surface area contributed by atoms with Crippen molar-refractivity contribution >= 4 is 6.03 Å². The van der Waals surface area contributed by atoms with E-state index in [1.54, 1.807) is 17.9 Å². The Morgan fingerprint density at radius 1 is 1.05 bits per heavy atom. The molecule has 3 fully saturated rings. The molecule has 2 aliphatic heterocycles. The second kappa shape index (κ2) is 11.4. The van der Waals surface area contributed by atoms with Crippen molar-refractivity contribution in [1.82, 2.24) is 19.7 Å². The van der Waals surface area contributed by atoms with Gasteiger partial charge in [0.25, 0.3) is 0 Å². The molecule has 0 bridgehead atoms. The van der Waals surface area contributed by atoms with Crippen molar-refractivity contribution in [1.29, 1.82) is 0 Å². The summed E-state index contributed by atoms with van der Waals surface area (Å²) >= 11 is 0. The van der Waals surface area contributed by atoms with Crippen molar-refractivity contribution in [3.63, 3.8) is 0 Å². The van der Waals surface area contributed by atoms with Gasteiger partial charge in [-0.2, -0.15) is 0 Å². The number of hydrogen-bond acceptors (Lipinski definition) is 4. The summed E-state index contributed by atoms with van der Waals surface area (Å²) in [5.74, 6) is -1.09. The standard InChI is InChI=1S/C32H36F2N4O3/c1-22-30(26-17-25(33)9-10-27(26)34)38(15-16-41-22)31(40)36-13-14-37(32(21-36)11-5-6-12-32)20-24-19-35-28(18-29(24)39)23-7-3-2-4-8-23/h2-4,7-10,17-19,22,30H,5-6,11-16,20-21H2,1H3,(H,35,39)/t22-,30+/m1/s1. The summed E-state index contributed by atoms with van der Waals surface area (Å²) in [5.41, 5.74) is 2.36. The number of piperazine rings is 1. The third-order valence-corrected chi connectivity index (χ3v) is 9.06. The predicted octanol–water partition coefficient (Wildman–Crippen LogP) is 5.33. The lowest BCUT2D eigenvalue weighted by molar-refractivity contribution is -0.0594. The lowest BCUT2D eigenvalue weighted by Gasteiger charge is -2.51. The van der Waals surface area contributed by atoms with Gasteiger partial charge in [0, 0.05) is 67.3 Å². The summed E-state index contributed by atoms with van der Waals surface area (Å²) in [6.45, 7) is 4.61. The Morgan fingerprint density at radius 3 is 2.59 bits per heavy atom. The Balaban J connectivity index is 1.22. The van der Waals surface area contributed by atoms with Crippen LogP contribution in [-0.2, 0) is 11.3 Å². The number of pyridine rings is 1. The predicted molar refractivity (Wildman–Crippen MR) is 152 cm³/mol. The van der Waals surface area contributed by atoms with Gasteiger partial charge in [-0.1, -0.05) is 43.2 Å². The molecule has 0 radical (unpaired) electrons. The molecule has 2 amide bonds. The topological polar surface area (TPSA) is 68.9 Å². The smallest absolute Gasteiger partial charge is 0.320 e. The van der Waals surface area contributed by atoms with Crippen molar-refractivity contribution in [3.05, 3.63) is 93.8 Å². The molecule has 1 saturated carbocycles. The molecule has 3 heterocycles. The van der Waals surface area contributed by atoms with Gasteiger partial charge in [-0.15, -0.1) is 0 Å². The number of carbonyl (C=O) groups is 1. The first-order chi connectivity index (χ1) is 19.8. The van der Waals surface area contributed by atoms with E-state index in [0.717, 1.165) is 49.1 Å². The van der Waals surface area contributed by atoms with E-state index >= 15 is 0 Å². The van der Waals surface area contributed by atoms with Crippen LogP contribution in [0.25, 0.3) is 11.3 Å². The Bertz CT molecular complexity index is 1460. The van der Waals surface area contributed by atoms with Crippen LogP contribution in [0, 0.1) is 11.6 Å². The van der Waals surface area contributed by atoms with Crippen molar-refractivity contribution < 1.29 is 18.3 Å². The molecule has 216 valence electrons. The van der Waals surface area contributed by atoms with Crippen molar-refractivity contribution in [2.75, 3.05) is 32.8 Å². The normalized spacial score (nSPS) is 22.8. The van der Waals surface area contributed by atoms with Crippen LogP contribution in [0.5, 0.6) is 0 Å². The fraction of sp³-hybridized carbons (Fsp3) is 0.438. The van der Waals surface area contributed by atoms with Crippen LogP contribution >= 0.6 is 0 Å². The summed E-state index contributed by atoms with van der Waals surface area (Å²) in [6.07, 6.45) is 5.35. The molecule has 41 heavy (non-hydrogen) atoms. The van der Waals surface area contributed by atoms with Crippen LogP contribution in [0.1, 0.15) is 49.8 Å². The van der Waals surface area contributed by atoms with Gasteiger partial charge in [0.1, 0.15) is 11.6 Å². The van der Waals surface area contributed by atoms with Gasteiger partial charge in [-0.25, -0.2) is 13.6 Å². The number of aromatic nitrogens is 1. The molecule has 2 aromatic carbocycles. The van der Waals surface area contributed by atoms with Crippen molar-refractivity contribution in [3.8, 4) is 11.3 Å². The summed E-state index contributed by atoms with van der Waals surface area (Å²) in [5, 5.41) is 0. The fourth-order valence-corrected chi connectivity index (χ4v) is 6.92. The molecule has 2 atom stereocenters. The summed E-state index contributed by atoms with van der Waals surface area (Å²) < 4.78 is 34.8. The minimum atomic E-state index is -0.716. The number of ether oxygens (including phenoxy) is 1. The highest BCUT2D eigenvalue weighted by Crippen LogP contribution is 2.40. The third kappa shape index (κ3) is 5.40. The Hall–Kier alpha value is -3.56. The molecule has 1 aliphatic carbocycles. The molecule has 1 spiro atoms. The third-order valence-electron chi connectivity index (χ3n) is 9.06. The lowest BCUT2D eigenvalue weighted by atomic mass is 9.91. The average Bonchev–Trinajstić information content (AvgIpc) is 3.45. The molecule has 3 aliphatic rings. The zero-order valence-electron chi connectivity index (χ0n) is 23.3. The maximum Gasteiger partial charge on any atom is 0.320 e. The molecule has 9 heteroatoms. The largest absolute Gasteiger partial charge is 0.374 e. The van der Waals surface area contributed by atoms with Gasteiger partial charge >= 0.3 is 6.03 Å². The quantitative estimate of drug-likeness (QED) is 0.467. The molecular formula is C32H36F2N4O3. The minimum Gasteiger partial charge on any atom is -0.374 e. The van der Waals surface area contributed by atoms with Gasteiger partial charge in [0.05, 0.1) is 18.8 Å². The number of halogens is 2. The number of hydrogen-bond donors (Lipinski definition) is 1. The summed E-state index contributed by atoms with van der Waals surface area (Å²) in [6, 6.07) is 13.9. The maximum atomic E-state index is 14.9. The van der Waals surface area contributed by atoms with E-state index in [1.165, 1.54) is 6.07 Å². The van der Waals surface area contributed by atoms with Crippen molar-refractivity contribution in [2.24, 2.45) is 0 Å². The summed E-state index contributed by atoms with van der Waals surface area (Å²) in [4.78, 5) is 36.3. The molecule has 3 aromatic rings. The maximum absolute atomic E-state index is 14.9. The molecule has 7 nitrogen and oxygen atoms in total. The van der Waals surface area contributed by atoms with Crippen LogP contribution < -0.4 is 5.43 Å². The number of aromatic amines is 1. The minimum absolute atomic E-state index is 0.00322. The number of rotatable bonds is 4. The van der Waals surface area contributed by atoms with Gasteiger partial charge in [-0.3, -0.25) is 9.69 Å². The molecule has 1 N–H and O–H groups in total. The van der Waals surface area contributed by atoms with Crippen LogP contribution in [0.4, 0.5) is 13.6 Å². The van der Waals surface area contributed by atoms with E-state index in [0.29, 0.717) is 44.9 Å². The zero-order valence-corrected chi connectivity index (χ0v) is 23.3. The second-order valence-electron chi connectivity index (χ2n) is 11.5. The Morgan fingerprint density at radius 2 is 1.83 bits per heavy atom. The van der Waals surface area contributed by atoms with Crippen LogP contribution in [0.2, 0.25) is 0 Å². The highest BCUT2D eigenvalue weighted by Gasteiger charge is 2.47. The fourth-order valence-electron chi connectivity index (χ4n) is 6.92. The SMILES string of the molecule is C[C@H]1OCCN(C(=O)N2CCN(Cc3c[nH]c(-c4ccccc4)cc3=O)C3(CCCC3)C2)[C@@H]1c1cc(F)ccc1F. The first-order valence-corrected chi connectivity index (χ1v) is 14.5. The van der Waals surface area contributed by atoms with Gasteiger partial charge in [0.15, 0.2) is 5.43 Å². The molecule has 6 rings (SSSR count). The number of carbonyl (C=O) groups excluding carboxylic acids is 1. The first kappa shape index (κ1) is 27.6. The van der Waals surface area contributed by atoms with E-state index in [4.69, 9.17) is 4.74 Å². The van der Waals surface area contributed by atoms with Crippen molar-refractivity contribution in [2.45, 2.75) is 56.8 Å². The number of H-pyrrole nitrogens is 1. The monoisotopic (exact) mass is 562 g/mol. The van der Waals surface area contributed by atoms with Gasteiger partial charge in [-0.05, 0) is 43.5 Å². The van der Waals surface area contributed by atoms with E-state index in [1.807, 2.05) is 41.4 Å². The summed E-state index contributed by atoms with van der Waals surface area (Å²) in [7, 11) is 0. The van der Waals surface area contributed by atoms with Crippen LogP contribution in [0.15, 0.2) is 65.6 Å². The Labute approximate surface area is 238 Å². The van der Waals surface area contributed by atoms with Crippen LogP contribution in [0.3, 0.4) is 0 Å². The van der Waals surface area contributed by atoms with E-state index in [2.05, 4.69) is 9.88 Å². The molecule has 1 aromatic heterocycles. The van der Waals surface area contributed by atoms with E-state index in [-0.39, 0.29) is 22.6 Å². The second-order valence-corrected chi connectivity index (χ2v) is 11.5. The van der Waals surface area contributed by atoms with E-state index in [9.17, 15) is 18.4 Å². The highest BCUT2D eigenvalue weighted by molar-refractivity contribution is 5.75. The number of benzene rings is 2. The highest BCUT2D eigenvalue weighted by atomic mass is 19.1. The molecular weight excluding hydrogens is 526 g/mol. The number of nitrogens with one attached hydrogen (secondary N) is 1. The van der Waals surface area contributed by atoms with Gasteiger partial charge < -0.3 is 19.5 Å². The van der Waals surface area contributed by atoms with Gasteiger partial charge in [0.2, 0.25) is 0 Å².